The van der Waals surface area contributed by atoms with E-state index in [1.165, 1.54) is 28.0 Å². The fraction of sp³-hybridized carbons (Fsp3) is 0.273. The van der Waals surface area contributed by atoms with Gasteiger partial charge in [0.25, 0.3) is 5.78 Å². The van der Waals surface area contributed by atoms with Gasteiger partial charge in [-0.25, -0.2) is 0 Å². The molecule has 2 aliphatic rings. The Kier molecular flexibility index (Phi) is 9.58. The number of aliphatic hydroxyl groups is 1. The number of benzene rings is 3. The van der Waals surface area contributed by atoms with Crippen molar-refractivity contribution in [1.82, 2.24) is 10.2 Å². The zero-order valence-corrected chi connectivity index (χ0v) is 26.8. The maximum Gasteiger partial charge on any atom is 0.301 e. The minimum Gasteiger partial charge on any atom is -0.507 e. The Morgan fingerprint density at radius 3 is 2.53 bits per heavy atom. The molecule has 6 rings (SSSR count). The Morgan fingerprint density at radius 2 is 1.78 bits per heavy atom. The number of hydrogen-bond acceptors (Lipinski definition) is 10. The van der Waals surface area contributed by atoms with E-state index < -0.39 is 17.7 Å². The van der Waals surface area contributed by atoms with Gasteiger partial charge in [0.05, 0.1) is 18.2 Å². The fourth-order valence-electron chi connectivity index (χ4n) is 5.06. The van der Waals surface area contributed by atoms with Gasteiger partial charge in [0.15, 0.2) is 15.8 Å². The molecule has 1 fully saturated rings. The molecule has 0 saturated carbocycles. The SMILES string of the molecule is CCCCCOc1ccc(C2/C(=C(\O)c3ccc4c(c3)OCCO4)C(=O)C(=O)N2c2nnc(SCc3ccc(Cl)cc3)s2)cc1. The largest absolute Gasteiger partial charge is 0.507 e. The molecule has 2 aliphatic heterocycles. The first kappa shape index (κ1) is 30.9. The molecule has 0 bridgehead atoms. The first-order valence-electron chi connectivity index (χ1n) is 14.6. The second kappa shape index (κ2) is 13.9. The lowest BCUT2D eigenvalue weighted by atomic mass is 9.95. The van der Waals surface area contributed by atoms with Crippen LogP contribution in [0, 0.1) is 0 Å². The quantitative estimate of drug-likeness (QED) is 0.0437. The highest BCUT2D eigenvalue weighted by Gasteiger charge is 2.48. The van der Waals surface area contributed by atoms with E-state index in [0.717, 1.165) is 24.8 Å². The number of amides is 1. The molecule has 0 aliphatic carbocycles. The van der Waals surface area contributed by atoms with Crippen LogP contribution in [0.2, 0.25) is 5.02 Å². The van der Waals surface area contributed by atoms with Crippen LogP contribution in [0.1, 0.15) is 48.9 Å². The van der Waals surface area contributed by atoms with Crippen LogP contribution in [0.15, 0.2) is 76.6 Å². The van der Waals surface area contributed by atoms with E-state index in [2.05, 4.69) is 17.1 Å². The predicted molar refractivity (Wildman–Crippen MR) is 175 cm³/mol. The van der Waals surface area contributed by atoms with Crippen molar-refractivity contribution < 1.29 is 28.9 Å². The molecule has 1 aromatic heterocycles. The average Bonchev–Trinajstić information content (AvgIpc) is 3.64. The molecule has 45 heavy (non-hydrogen) atoms. The van der Waals surface area contributed by atoms with Gasteiger partial charge in [-0.15, -0.1) is 10.2 Å². The highest BCUT2D eigenvalue weighted by Crippen LogP contribution is 2.45. The van der Waals surface area contributed by atoms with Crippen molar-refractivity contribution in [2.24, 2.45) is 0 Å². The number of hydrogen-bond donors (Lipinski definition) is 1. The Bertz CT molecular complexity index is 1730. The molecule has 3 aromatic carbocycles. The van der Waals surface area contributed by atoms with Gasteiger partial charge in [0.2, 0.25) is 5.13 Å². The molecule has 1 saturated heterocycles. The summed E-state index contributed by atoms with van der Waals surface area (Å²) in [5, 5.41) is 21.1. The molecule has 9 nitrogen and oxygen atoms in total. The number of halogens is 1. The number of rotatable bonds is 11. The molecule has 0 spiro atoms. The van der Waals surface area contributed by atoms with Gasteiger partial charge < -0.3 is 19.3 Å². The number of carbonyl (C=O) groups excluding carboxylic acids is 2. The second-order valence-corrected chi connectivity index (χ2v) is 13.0. The van der Waals surface area contributed by atoms with Gasteiger partial charge in [-0.2, -0.15) is 0 Å². The zero-order valence-electron chi connectivity index (χ0n) is 24.4. The number of nitrogens with zero attached hydrogens (tertiary/aromatic N) is 3. The van der Waals surface area contributed by atoms with Crippen LogP contribution in [-0.4, -0.2) is 46.8 Å². The van der Waals surface area contributed by atoms with Gasteiger partial charge in [-0.05, 0) is 60.0 Å². The molecule has 12 heteroatoms. The molecule has 1 atom stereocenters. The summed E-state index contributed by atoms with van der Waals surface area (Å²) in [6.07, 6.45) is 3.12. The first-order valence-corrected chi connectivity index (χ1v) is 16.8. The smallest absolute Gasteiger partial charge is 0.301 e. The lowest BCUT2D eigenvalue weighted by Gasteiger charge is -2.23. The van der Waals surface area contributed by atoms with Crippen molar-refractivity contribution in [2.45, 2.75) is 42.3 Å². The van der Waals surface area contributed by atoms with Crippen molar-refractivity contribution in [3.63, 3.8) is 0 Å². The van der Waals surface area contributed by atoms with Gasteiger partial charge in [-0.3, -0.25) is 14.5 Å². The van der Waals surface area contributed by atoms with Crippen molar-refractivity contribution in [3.05, 3.63) is 94.0 Å². The summed E-state index contributed by atoms with van der Waals surface area (Å²) < 4.78 is 17.8. The number of ketones is 1. The fourth-order valence-corrected chi connectivity index (χ4v) is 7.01. The van der Waals surface area contributed by atoms with Crippen molar-refractivity contribution in [2.75, 3.05) is 24.7 Å². The topological polar surface area (TPSA) is 111 Å². The Hall–Kier alpha value is -4.06. The third-order valence-corrected chi connectivity index (χ3v) is 9.73. The van der Waals surface area contributed by atoms with Crippen LogP contribution >= 0.6 is 34.7 Å². The second-order valence-electron chi connectivity index (χ2n) is 10.4. The number of thioether (sulfide) groups is 1. The number of fused-ring (bicyclic) bond motifs is 1. The molecule has 1 unspecified atom stereocenters. The van der Waals surface area contributed by atoms with Gasteiger partial charge >= 0.3 is 5.91 Å². The summed E-state index contributed by atoms with van der Waals surface area (Å²) in [5.41, 5.74) is 1.94. The van der Waals surface area contributed by atoms with Crippen LogP contribution in [-0.2, 0) is 15.3 Å². The first-order chi connectivity index (χ1) is 21.9. The number of Topliss-reactive ketones (excluding diaryl/α,β-unsaturated/α-hetero) is 1. The van der Waals surface area contributed by atoms with E-state index in [1.807, 2.05) is 24.3 Å². The average molecular weight is 664 g/mol. The Morgan fingerprint density at radius 1 is 1.02 bits per heavy atom. The molecular formula is C33H30ClN3O6S2. The van der Waals surface area contributed by atoms with Crippen molar-refractivity contribution in [3.8, 4) is 17.2 Å². The summed E-state index contributed by atoms with van der Waals surface area (Å²) in [6.45, 7) is 3.51. The number of anilines is 1. The standard InChI is InChI=1S/C33H30ClN3O6S2/c1-2-3-4-15-41-24-12-7-21(8-13-24)28-27(29(38)22-9-14-25-26(18-22)43-17-16-42-25)30(39)31(40)37(28)32-35-36-33(45-32)44-19-20-5-10-23(34)11-6-20/h5-14,18,28,38H,2-4,15-17,19H2,1H3/b29-27+. The third kappa shape index (κ3) is 6.80. The van der Waals surface area contributed by atoms with Crippen LogP contribution < -0.4 is 19.1 Å². The van der Waals surface area contributed by atoms with Crippen LogP contribution in [0.3, 0.4) is 0 Å². The summed E-state index contributed by atoms with van der Waals surface area (Å²) in [7, 11) is 0. The molecule has 1 N–H and O–H groups in total. The summed E-state index contributed by atoms with van der Waals surface area (Å²) in [4.78, 5) is 28.6. The van der Waals surface area contributed by atoms with E-state index in [1.54, 1.807) is 42.5 Å². The van der Waals surface area contributed by atoms with Gasteiger partial charge in [0, 0.05) is 16.3 Å². The lowest BCUT2D eigenvalue weighted by molar-refractivity contribution is -0.132. The molecule has 4 aromatic rings. The summed E-state index contributed by atoms with van der Waals surface area (Å²) >= 11 is 8.68. The van der Waals surface area contributed by atoms with E-state index in [-0.39, 0.29) is 16.5 Å². The van der Waals surface area contributed by atoms with E-state index >= 15 is 0 Å². The highest BCUT2D eigenvalue weighted by molar-refractivity contribution is 8.00. The molecule has 3 heterocycles. The van der Waals surface area contributed by atoms with Crippen molar-refractivity contribution in [1.29, 1.82) is 0 Å². The Labute approximate surface area is 273 Å². The zero-order chi connectivity index (χ0) is 31.3. The van der Waals surface area contributed by atoms with E-state index in [9.17, 15) is 14.7 Å². The van der Waals surface area contributed by atoms with Crippen LogP contribution in [0.4, 0.5) is 5.13 Å². The molecular weight excluding hydrogens is 634 g/mol. The number of ether oxygens (including phenoxy) is 3. The predicted octanol–water partition coefficient (Wildman–Crippen LogP) is 7.45. The van der Waals surface area contributed by atoms with E-state index in [0.29, 0.717) is 63.3 Å². The highest BCUT2D eigenvalue weighted by atomic mass is 35.5. The maximum absolute atomic E-state index is 13.6. The summed E-state index contributed by atoms with van der Waals surface area (Å²) in [6, 6.07) is 18.7. The number of aromatic nitrogens is 2. The van der Waals surface area contributed by atoms with Crippen molar-refractivity contribution >= 4 is 57.3 Å². The Balaban J connectivity index is 1.34. The number of carbonyl (C=O) groups is 2. The van der Waals surface area contributed by atoms with E-state index in [4.69, 9.17) is 25.8 Å². The molecule has 1 amide bonds. The van der Waals surface area contributed by atoms with Gasteiger partial charge in [-0.1, -0.05) is 78.7 Å². The van der Waals surface area contributed by atoms with Crippen LogP contribution in [0.5, 0.6) is 17.2 Å². The number of aliphatic hydroxyl groups excluding tert-OH is 1. The van der Waals surface area contributed by atoms with Gasteiger partial charge in [0.1, 0.15) is 24.7 Å². The minimum atomic E-state index is -0.950. The molecule has 0 radical (unpaired) electrons. The van der Waals surface area contributed by atoms with Crippen LogP contribution in [0.25, 0.3) is 5.76 Å². The maximum atomic E-state index is 13.6. The number of unbranched alkanes of at least 4 members (excludes halogenated alkanes) is 2. The summed E-state index contributed by atoms with van der Waals surface area (Å²) in [5.74, 6) is 0.351. The minimum absolute atomic E-state index is 0.0566. The lowest BCUT2D eigenvalue weighted by Crippen LogP contribution is -2.29. The monoisotopic (exact) mass is 663 g/mol. The molecule has 232 valence electrons. The normalized spacial score (nSPS) is 17.1. The third-order valence-electron chi connectivity index (χ3n) is 7.35.